The summed E-state index contributed by atoms with van der Waals surface area (Å²) in [4.78, 5) is 19.0. The van der Waals surface area contributed by atoms with Crippen LogP contribution in [0.5, 0.6) is 0 Å². The molecule has 1 fully saturated rings. The Bertz CT molecular complexity index is 967. The number of benzene rings is 3. The number of hydrogen-bond acceptors (Lipinski definition) is 4. The van der Waals surface area contributed by atoms with Crippen LogP contribution in [0.25, 0.3) is 0 Å². The highest BCUT2D eigenvalue weighted by Gasteiger charge is 2.23. The van der Waals surface area contributed by atoms with Crippen LogP contribution >= 0.6 is 0 Å². The summed E-state index contributed by atoms with van der Waals surface area (Å²) in [5.74, 6) is 0.104. The van der Waals surface area contributed by atoms with E-state index in [4.69, 9.17) is 5.73 Å². The van der Waals surface area contributed by atoms with E-state index in [0.717, 1.165) is 41.4 Å². The van der Waals surface area contributed by atoms with Crippen LogP contribution in [0.3, 0.4) is 0 Å². The predicted octanol–water partition coefficient (Wildman–Crippen LogP) is 4.00. The van der Waals surface area contributed by atoms with Crippen LogP contribution in [-0.2, 0) is 0 Å². The van der Waals surface area contributed by atoms with Crippen LogP contribution in [0, 0.1) is 0 Å². The van der Waals surface area contributed by atoms with Crippen LogP contribution in [0.4, 0.5) is 22.7 Å². The van der Waals surface area contributed by atoms with Gasteiger partial charge in [0.15, 0.2) is 0 Å². The number of carbonyl (C=O) groups excluding carboxylic acids is 1. The number of nitrogens with zero attached hydrogens (tertiary/aromatic N) is 3. The molecule has 3 aromatic rings. The van der Waals surface area contributed by atoms with Crippen LogP contribution in [0.15, 0.2) is 78.9 Å². The molecule has 2 N–H and O–H groups in total. The number of nitrogens with two attached hydrogens (primary N) is 1. The van der Waals surface area contributed by atoms with Gasteiger partial charge in [-0.3, -0.25) is 4.79 Å². The third-order valence-electron chi connectivity index (χ3n) is 5.47. The molecule has 1 aliphatic rings. The summed E-state index contributed by atoms with van der Waals surface area (Å²) >= 11 is 0. The first kappa shape index (κ1) is 18.9. The summed E-state index contributed by atoms with van der Waals surface area (Å²) in [6.07, 6.45) is 0. The van der Waals surface area contributed by atoms with E-state index >= 15 is 0 Å². The quantitative estimate of drug-likeness (QED) is 0.689. The van der Waals surface area contributed by atoms with Gasteiger partial charge in [0.2, 0.25) is 0 Å². The smallest absolute Gasteiger partial charge is 0.253 e. The molecule has 1 heterocycles. The van der Waals surface area contributed by atoms with E-state index in [9.17, 15) is 4.79 Å². The zero-order valence-corrected chi connectivity index (χ0v) is 16.7. The van der Waals surface area contributed by atoms with Crippen LogP contribution in [0.1, 0.15) is 10.4 Å². The topological polar surface area (TPSA) is 52.8 Å². The van der Waals surface area contributed by atoms with Crippen molar-refractivity contribution in [3.63, 3.8) is 0 Å². The highest BCUT2D eigenvalue weighted by atomic mass is 16.2. The summed E-state index contributed by atoms with van der Waals surface area (Å²) in [7, 11) is 2.03. The molecule has 4 rings (SSSR count). The summed E-state index contributed by atoms with van der Waals surface area (Å²) in [5.41, 5.74) is 11.0. The lowest BCUT2D eigenvalue weighted by Gasteiger charge is -2.36. The number of amides is 1. The van der Waals surface area contributed by atoms with Gasteiger partial charge in [-0.25, -0.2) is 0 Å². The van der Waals surface area contributed by atoms with Crippen molar-refractivity contribution in [1.29, 1.82) is 0 Å². The van der Waals surface area contributed by atoms with Crippen molar-refractivity contribution < 1.29 is 4.79 Å². The van der Waals surface area contributed by atoms with E-state index in [1.54, 1.807) is 0 Å². The van der Waals surface area contributed by atoms with Crippen molar-refractivity contribution in [3.05, 3.63) is 84.4 Å². The molecule has 0 radical (unpaired) electrons. The van der Waals surface area contributed by atoms with Gasteiger partial charge in [-0.2, -0.15) is 0 Å². The standard InChI is InChI=1S/C24H26N4O/c1-26(20-10-6-3-7-11-20)23-18-21(12-13-22(23)25)27-14-16-28(17-15-27)24(29)19-8-4-2-5-9-19/h2-13,18H,14-17,25H2,1H3. The fraction of sp³-hybridized carbons (Fsp3) is 0.208. The average molecular weight is 386 g/mol. The Morgan fingerprint density at radius 2 is 1.48 bits per heavy atom. The van der Waals surface area contributed by atoms with Crippen molar-refractivity contribution in [3.8, 4) is 0 Å². The lowest BCUT2D eigenvalue weighted by Crippen LogP contribution is -2.48. The Balaban J connectivity index is 1.47. The fourth-order valence-electron chi connectivity index (χ4n) is 3.74. The highest BCUT2D eigenvalue weighted by molar-refractivity contribution is 5.94. The van der Waals surface area contributed by atoms with Gasteiger partial charge < -0.3 is 20.4 Å². The van der Waals surface area contributed by atoms with E-state index in [0.29, 0.717) is 13.1 Å². The van der Waals surface area contributed by atoms with Crippen molar-refractivity contribution in [2.75, 3.05) is 48.8 Å². The molecule has 29 heavy (non-hydrogen) atoms. The molecule has 5 nitrogen and oxygen atoms in total. The van der Waals surface area contributed by atoms with Crippen molar-refractivity contribution in [2.45, 2.75) is 0 Å². The second-order valence-corrected chi connectivity index (χ2v) is 7.28. The fourth-order valence-corrected chi connectivity index (χ4v) is 3.74. The molecule has 0 saturated carbocycles. The molecule has 0 atom stereocenters. The Morgan fingerprint density at radius 1 is 0.862 bits per heavy atom. The summed E-state index contributed by atoms with van der Waals surface area (Å²) in [5, 5.41) is 0. The molecule has 0 unspecified atom stereocenters. The van der Waals surface area contributed by atoms with Gasteiger partial charge in [-0.05, 0) is 42.5 Å². The minimum Gasteiger partial charge on any atom is -0.397 e. The summed E-state index contributed by atoms with van der Waals surface area (Å²) < 4.78 is 0. The molecular weight excluding hydrogens is 360 g/mol. The second-order valence-electron chi connectivity index (χ2n) is 7.28. The molecule has 1 saturated heterocycles. The van der Waals surface area contributed by atoms with Crippen molar-refractivity contribution >= 4 is 28.7 Å². The van der Waals surface area contributed by atoms with Crippen LogP contribution in [-0.4, -0.2) is 44.0 Å². The lowest BCUT2D eigenvalue weighted by molar-refractivity contribution is 0.0747. The molecule has 0 spiro atoms. The monoisotopic (exact) mass is 386 g/mol. The van der Waals surface area contributed by atoms with Crippen LogP contribution < -0.4 is 15.5 Å². The van der Waals surface area contributed by atoms with Gasteiger partial charge in [0, 0.05) is 50.2 Å². The molecule has 0 aromatic heterocycles. The van der Waals surface area contributed by atoms with Crippen LogP contribution in [0.2, 0.25) is 0 Å². The minimum atomic E-state index is 0.104. The molecule has 148 valence electrons. The maximum absolute atomic E-state index is 12.7. The predicted molar refractivity (Wildman–Crippen MR) is 120 cm³/mol. The minimum absolute atomic E-state index is 0.104. The molecule has 1 amide bonds. The first-order valence-electron chi connectivity index (χ1n) is 9.91. The number of hydrogen-bond donors (Lipinski definition) is 1. The van der Waals surface area contributed by atoms with Gasteiger partial charge in [0.05, 0.1) is 11.4 Å². The van der Waals surface area contributed by atoms with Crippen molar-refractivity contribution in [2.24, 2.45) is 0 Å². The SMILES string of the molecule is CN(c1ccccc1)c1cc(N2CCN(C(=O)c3ccccc3)CC2)ccc1N. The van der Waals surface area contributed by atoms with Gasteiger partial charge >= 0.3 is 0 Å². The summed E-state index contributed by atoms with van der Waals surface area (Å²) in [6.45, 7) is 3.03. The zero-order chi connectivity index (χ0) is 20.2. The maximum atomic E-state index is 12.7. The summed E-state index contributed by atoms with van der Waals surface area (Å²) in [6, 6.07) is 25.8. The number of nitrogen functional groups attached to an aromatic ring is 1. The molecule has 5 heteroatoms. The van der Waals surface area contributed by atoms with E-state index in [1.807, 2.05) is 66.5 Å². The number of para-hydroxylation sites is 1. The van der Waals surface area contributed by atoms with Crippen molar-refractivity contribution in [1.82, 2.24) is 4.90 Å². The Morgan fingerprint density at radius 3 is 2.14 bits per heavy atom. The largest absolute Gasteiger partial charge is 0.397 e. The molecule has 1 aliphatic heterocycles. The zero-order valence-electron chi connectivity index (χ0n) is 16.7. The molecular formula is C24H26N4O. The Kier molecular flexibility index (Phi) is 5.38. The Labute approximate surface area is 172 Å². The average Bonchev–Trinajstić information content (AvgIpc) is 2.80. The van der Waals surface area contributed by atoms with E-state index in [-0.39, 0.29) is 5.91 Å². The third kappa shape index (κ3) is 4.04. The van der Waals surface area contributed by atoms with E-state index < -0.39 is 0 Å². The number of anilines is 4. The third-order valence-corrected chi connectivity index (χ3v) is 5.47. The number of piperazine rings is 1. The van der Waals surface area contributed by atoms with Gasteiger partial charge in [-0.1, -0.05) is 36.4 Å². The Hall–Kier alpha value is -3.47. The number of rotatable bonds is 4. The van der Waals surface area contributed by atoms with E-state index in [1.165, 1.54) is 0 Å². The normalized spacial score (nSPS) is 14.0. The maximum Gasteiger partial charge on any atom is 0.253 e. The lowest BCUT2D eigenvalue weighted by atomic mass is 10.1. The first-order valence-corrected chi connectivity index (χ1v) is 9.91. The van der Waals surface area contributed by atoms with Gasteiger partial charge in [0.25, 0.3) is 5.91 Å². The molecule has 3 aromatic carbocycles. The number of carbonyl (C=O) groups is 1. The molecule has 0 aliphatic carbocycles. The molecule has 0 bridgehead atoms. The first-order chi connectivity index (χ1) is 14.1. The van der Waals surface area contributed by atoms with E-state index in [2.05, 4.69) is 34.1 Å². The highest BCUT2D eigenvalue weighted by Crippen LogP contribution is 2.33. The second kappa shape index (κ2) is 8.27. The van der Waals surface area contributed by atoms with Gasteiger partial charge in [0.1, 0.15) is 0 Å². The van der Waals surface area contributed by atoms with Gasteiger partial charge in [-0.15, -0.1) is 0 Å².